The minimum atomic E-state index is 1.10. The van der Waals surface area contributed by atoms with Crippen LogP contribution in [0, 0.1) is 6.07 Å². The van der Waals surface area contributed by atoms with E-state index >= 15 is 0 Å². The highest BCUT2D eigenvalue weighted by molar-refractivity contribution is 5.97. The van der Waals surface area contributed by atoms with Gasteiger partial charge in [-0.15, -0.1) is 0 Å². The quantitative estimate of drug-likeness (QED) is 0.494. The molecule has 0 amide bonds. The lowest BCUT2D eigenvalue weighted by atomic mass is 10.1. The number of aromatic amines is 2. The fraction of sp³-hybridized carbons (Fsp3) is 0. The molecule has 0 fully saturated rings. The third-order valence-corrected chi connectivity index (χ3v) is 3.35. The number of aromatic nitrogens is 2. The average molecular weight is 231 g/mol. The van der Waals surface area contributed by atoms with Gasteiger partial charge >= 0.3 is 0 Å². The number of hydrogen-bond acceptors (Lipinski definition) is 0. The third-order valence-electron chi connectivity index (χ3n) is 3.35. The SMILES string of the molecule is [c]1c(-c2[nH]cc3ccccc23)ccc2c[nH]cc12. The Morgan fingerprint density at radius 2 is 1.78 bits per heavy atom. The molecule has 4 aromatic rings. The largest absolute Gasteiger partial charge is 0.366 e. The van der Waals surface area contributed by atoms with Crippen molar-refractivity contribution in [1.29, 1.82) is 0 Å². The van der Waals surface area contributed by atoms with E-state index in [0.717, 1.165) is 16.6 Å². The summed E-state index contributed by atoms with van der Waals surface area (Å²) in [5.74, 6) is 0. The Balaban J connectivity index is 2.00. The zero-order valence-corrected chi connectivity index (χ0v) is 9.70. The summed E-state index contributed by atoms with van der Waals surface area (Å²) in [6.45, 7) is 0. The van der Waals surface area contributed by atoms with Gasteiger partial charge in [0, 0.05) is 41.0 Å². The van der Waals surface area contributed by atoms with Crippen molar-refractivity contribution in [2.45, 2.75) is 0 Å². The Kier molecular flexibility index (Phi) is 1.86. The third kappa shape index (κ3) is 1.29. The van der Waals surface area contributed by atoms with E-state index in [1.165, 1.54) is 16.2 Å². The van der Waals surface area contributed by atoms with E-state index < -0.39 is 0 Å². The zero-order chi connectivity index (χ0) is 11.9. The Morgan fingerprint density at radius 1 is 0.833 bits per heavy atom. The smallest absolute Gasteiger partial charge is 0.0540 e. The molecule has 2 heteroatoms. The molecule has 0 aliphatic heterocycles. The lowest BCUT2D eigenvalue weighted by Crippen LogP contribution is -1.78. The maximum Gasteiger partial charge on any atom is 0.0540 e. The van der Waals surface area contributed by atoms with Crippen LogP contribution in [0.2, 0.25) is 0 Å². The second kappa shape index (κ2) is 3.50. The Labute approximate surface area is 104 Å². The van der Waals surface area contributed by atoms with Crippen molar-refractivity contribution in [1.82, 2.24) is 9.97 Å². The van der Waals surface area contributed by atoms with Gasteiger partial charge in [-0.25, -0.2) is 0 Å². The van der Waals surface area contributed by atoms with Gasteiger partial charge in [0.15, 0.2) is 0 Å². The summed E-state index contributed by atoms with van der Waals surface area (Å²) < 4.78 is 0. The van der Waals surface area contributed by atoms with Crippen LogP contribution in [0.15, 0.2) is 55.0 Å². The van der Waals surface area contributed by atoms with Crippen molar-refractivity contribution in [2.75, 3.05) is 0 Å². The van der Waals surface area contributed by atoms with Gasteiger partial charge in [-0.05, 0) is 10.8 Å². The van der Waals surface area contributed by atoms with Crippen LogP contribution in [-0.2, 0) is 0 Å². The molecule has 0 saturated heterocycles. The van der Waals surface area contributed by atoms with Gasteiger partial charge in [0.05, 0.1) is 5.69 Å². The van der Waals surface area contributed by atoms with Gasteiger partial charge in [0.1, 0.15) is 0 Å². The summed E-state index contributed by atoms with van der Waals surface area (Å²) >= 11 is 0. The van der Waals surface area contributed by atoms with E-state index in [9.17, 15) is 0 Å². The number of rotatable bonds is 1. The van der Waals surface area contributed by atoms with Crippen molar-refractivity contribution in [3.8, 4) is 11.3 Å². The van der Waals surface area contributed by atoms with E-state index in [0.29, 0.717) is 0 Å². The van der Waals surface area contributed by atoms with Crippen molar-refractivity contribution in [3.05, 3.63) is 61.1 Å². The molecule has 0 atom stereocenters. The molecule has 0 spiro atoms. The van der Waals surface area contributed by atoms with Crippen molar-refractivity contribution >= 4 is 21.5 Å². The van der Waals surface area contributed by atoms with E-state index in [1.54, 1.807) is 0 Å². The number of nitrogens with one attached hydrogen (secondary N) is 2. The van der Waals surface area contributed by atoms with Gasteiger partial charge in [-0.3, -0.25) is 0 Å². The van der Waals surface area contributed by atoms with Crippen LogP contribution < -0.4 is 0 Å². The summed E-state index contributed by atoms with van der Waals surface area (Å²) in [6, 6.07) is 16.0. The molecule has 0 unspecified atom stereocenters. The molecule has 2 nitrogen and oxygen atoms in total. The van der Waals surface area contributed by atoms with Gasteiger partial charge in [0.2, 0.25) is 0 Å². The molecule has 0 aliphatic carbocycles. The highest BCUT2D eigenvalue weighted by atomic mass is 14.7. The van der Waals surface area contributed by atoms with Crippen molar-refractivity contribution in [2.24, 2.45) is 0 Å². The highest BCUT2D eigenvalue weighted by Crippen LogP contribution is 2.29. The minimum Gasteiger partial charge on any atom is -0.366 e. The number of fused-ring (bicyclic) bond motifs is 2. The summed E-state index contributed by atoms with van der Waals surface area (Å²) in [5, 5.41) is 4.78. The van der Waals surface area contributed by atoms with Crippen LogP contribution in [0.1, 0.15) is 0 Å². The molecule has 2 heterocycles. The fourth-order valence-electron chi connectivity index (χ4n) is 2.43. The van der Waals surface area contributed by atoms with Crippen LogP contribution in [0.25, 0.3) is 32.8 Å². The maximum absolute atomic E-state index is 3.44. The van der Waals surface area contributed by atoms with Crippen LogP contribution in [-0.4, -0.2) is 9.97 Å². The standard InChI is InChI=1S/C16H11N2/c1-2-4-15-13(3-1)10-18-16(15)11-5-6-12-8-17-9-14(12)7-11/h1-6,8-10,17-18H. The first-order valence-electron chi connectivity index (χ1n) is 5.97. The normalized spacial score (nSPS) is 11.3. The molecule has 2 N–H and O–H groups in total. The second-order valence-electron chi connectivity index (χ2n) is 4.45. The van der Waals surface area contributed by atoms with Crippen molar-refractivity contribution in [3.63, 3.8) is 0 Å². The first-order chi connectivity index (χ1) is 8.92. The monoisotopic (exact) mass is 231 g/mol. The molecule has 18 heavy (non-hydrogen) atoms. The summed E-state index contributed by atoms with van der Waals surface area (Å²) in [7, 11) is 0. The van der Waals surface area contributed by atoms with E-state index in [2.05, 4.69) is 52.4 Å². The second-order valence-corrected chi connectivity index (χ2v) is 4.45. The van der Waals surface area contributed by atoms with Crippen molar-refractivity contribution < 1.29 is 0 Å². The zero-order valence-electron chi connectivity index (χ0n) is 9.70. The summed E-state index contributed by atoms with van der Waals surface area (Å²) in [4.78, 5) is 6.45. The maximum atomic E-state index is 3.44. The van der Waals surface area contributed by atoms with Crippen LogP contribution >= 0.6 is 0 Å². The Hall–Kier alpha value is -2.48. The number of H-pyrrole nitrogens is 2. The van der Waals surface area contributed by atoms with Crippen LogP contribution in [0.3, 0.4) is 0 Å². The van der Waals surface area contributed by atoms with Gasteiger partial charge in [0.25, 0.3) is 0 Å². The van der Waals surface area contributed by atoms with E-state index in [4.69, 9.17) is 0 Å². The lowest BCUT2D eigenvalue weighted by Gasteiger charge is -2.00. The molecule has 1 radical (unpaired) electrons. The first kappa shape index (κ1) is 9.54. The molecular formula is C16H11N2. The number of benzene rings is 2. The first-order valence-corrected chi connectivity index (χ1v) is 5.97. The molecular weight excluding hydrogens is 220 g/mol. The van der Waals surface area contributed by atoms with Gasteiger partial charge < -0.3 is 9.97 Å². The highest BCUT2D eigenvalue weighted by Gasteiger charge is 2.06. The molecule has 2 aromatic heterocycles. The van der Waals surface area contributed by atoms with Crippen LogP contribution in [0.5, 0.6) is 0 Å². The Bertz CT molecular complexity index is 836. The summed E-state index contributed by atoms with van der Waals surface area (Å²) in [5.41, 5.74) is 2.23. The molecule has 2 aromatic carbocycles. The predicted molar refractivity (Wildman–Crippen MR) is 74.4 cm³/mol. The number of hydrogen-bond donors (Lipinski definition) is 2. The van der Waals surface area contributed by atoms with Crippen LogP contribution in [0.4, 0.5) is 0 Å². The van der Waals surface area contributed by atoms with E-state index in [1.807, 2.05) is 18.6 Å². The van der Waals surface area contributed by atoms with Gasteiger partial charge in [-0.2, -0.15) is 0 Å². The molecule has 0 aliphatic rings. The topological polar surface area (TPSA) is 31.6 Å². The Morgan fingerprint density at radius 3 is 2.78 bits per heavy atom. The molecule has 0 saturated carbocycles. The lowest BCUT2D eigenvalue weighted by molar-refractivity contribution is 1.42. The molecule has 4 rings (SSSR count). The molecule has 85 valence electrons. The fourth-order valence-corrected chi connectivity index (χ4v) is 2.43. The predicted octanol–water partition coefficient (Wildman–Crippen LogP) is 4.12. The van der Waals surface area contributed by atoms with Gasteiger partial charge in [-0.1, -0.05) is 36.4 Å². The molecule has 0 bridgehead atoms. The average Bonchev–Trinajstić information content (AvgIpc) is 3.04. The minimum absolute atomic E-state index is 1.10. The summed E-state index contributed by atoms with van der Waals surface area (Å²) in [6.07, 6.45) is 6.01. The van der Waals surface area contributed by atoms with E-state index in [-0.39, 0.29) is 0 Å².